The van der Waals surface area contributed by atoms with Gasteiger partial charge in [-0.25, -0.2) is 0 Å². The van der Waals surface area contributed by atoms with E-state index in [-0.39, 0.29) is 11.1 Å². The minimum Gasteiger partial charge on any atom is -0.460 e. The molecule has 0 fully saturated rings. The van der Waals surface area contributed by atoms with E-state index < -0.39 is 23.5 Å². The molecule has 2 rings (SSSR count). The minimum atomic E-state index is -5.09. The van der Waals surface area contributed by atoms with E-state index in [0.717, 1.165) is 12.3 Å². The van der Waals surface area contributed by atoms with Gasteiger partial charge in [0.05, 0.1) is 17.4 Å². The molecule has 101 valence electrons. The van der Waals surface area contributed by atoms with E-state index in [1.54, 1.807) is 0 Å². The summed E-state index contributed by atoms with van der Waals surface area (Å²) in [5.41, 5.74) is -3.24. The molecule has 0 amide bonds. The fourth-order valence-electron chi connectivity index (χ4n) is 1.59. The molecule has 0 aliphatic rings. The van der Waals surface area contributed by atoms with Gasteiger partial charge >= 0.3 is 12.4 Å². The predicted molar refractivity (Wildman–Crippen MR) is 53.0 cm³/mol. The van der Waals surface area contributed by atoms with E-state index in [9.17, 15) is 26.3 Å². The molecule has 1 aromatic carbocycles. The first kappa shape index (κ1) is 13.5. The second kappa shape index (κ2) is 4.32. The summed E-state index contributed by atoms with van der Waals surface area (Å²) in [6.45, 7) is 0. The van der Waals surface area contributed by atoms with Gasteiger partial charge in [0.1, 0.15) is 0 Å². The molecule has 0 aliphatic carbocycles. The normalized spacial score (nSPS) is 12.7. The molecule has 1 heterocycles. The van der Waals surface area contributed by atoms with Crippen LogP contribution in [0, 0.1) is 6.26 Å². The molecule has 7 heteroatoms. The topological polar surface area (TPSA) is 13.1 Å². The smallest absolute Gasteiger partial charge is 0.417 e. The first-order valence-electron chi connectivity index (χ1n) is 4.93. The maximum atomic E-state index is 12.7. The van der Waals surface area contributed by atoms with Gasteiger partial charge in [0, 0.05) is 5.56 Å². The highest BCUT2D eigenvalue weighted by molar-refractivity contribution is 5.64. The largest absolute Gasteiger partial charge is 0.460 e. The van der Waals surface area contributed by atoms with Crippen molar-refractivity contribution in [3.05, 3.63) is 47.9 Å². The van der Waals surface area contributed by atoms with Gasteiger partial charge in [-0.2, -0.15) is 26.3 Å². The van der Waals surface area contributed by atoms with Crippen LogP contribution in [-0.2, 0) is 12.4 Å². The fraction of sp³-hybridized carbons (Fsp3) is 0.167. The third kappa shape index (κ3) is 2.74. The van der Waals surface area contributed by atoms with E-state index in [4.69, 9.17) is 0 Å². The maximum absolute atomic E-state index is 12.7. The summed E-state index contributed by atoms with van der Waals surface area (Å²) >= 11 is 0. The third-order valence-corrected chi connectivity index (χ3v) is 2.43. The Morgan fingerprint density at radius 2 is 1.47 bits per heavy atom. The quantitative estimate of drug-likeness (QED) is 0.684. The van der Waals surface area contributed by atoms with Gasteiger partial charge in [-0.3, -0.25) is 0 Å². The SMILES string of the molecule is FC(F)(F)c1ccc(-c2c[c]oc2)cc1C(F)(F)F. The molecule has 0 bridgehead atoms. The average molecular weight is 279 g/mol. The molecule has 0 N–H and O–H groups in total. The van der Waals surface area contributed by atoms with Crippen LogP contribution in [0.2, 0.25) is 0 Å². The zero-order valence-electron chi connectivity index (χ0n) is 9.06. The van der Waals surface area contributed by atoms with Gasteiger partial charge in [0.2, 0.25) is 0 Å². The Morgan fingerprint density at radius 1 is 0.842 bits per heavy atom. The molecule has 0 unspecified atom stereocenters. The van der Waals surface area contributed by atoms with Gasteiger partial charge in [-0.15, -0.1) is 0 Å². The monoisotopic (exact) mass is 279 g/mol. The van der Waals surface area contributed by atoms with Crippen molar-refractivity contribution in [1.82, 2.24) is 0 Å². The van der Waals surface area contributed by atoms with E-state index in [1.807, 2.05) is 0 Å². The van der Waals surface area contributed by atoms with E-state index in [0.29, 0.717) is 12.1 Å². The van der Waals surface area contributed by atoms with Crippen LogP contribution in [0.3, 0.4) is 0 Å². The van der Waals surface area contributed by atoms with Crippen molar-refractivity contribution in [2.24, 2.45) is 0 Å². The molecular weight excluding hydrogens is 274 g/mol. The summed E-state index contributed by atoms with van der Waals surface area (Å²) < 4.78 is 80.2. The molecule has 1 aromatic heterocycles. The number of alkyl halides is 6. The summed E-state index contributed by atoms with van der Waals surface area (Å²) in [4.78, 5) is 0. The number of hydrogen-bond donors (Lipinski definition) is 0. The number of benzene rings is 1. The van der Waals surface area contributed by atoms with Gasteiger partial charge in [0.15, 0.2) is 6.26 Å². The summed E-state index contributed by atoms with van der Waals surface area (Å²) in [5.74, 6) is 0. The standard InChI is InChI=1S/C12H5F6O/c13-11(14,15)9-2-1-7(8-3-4-19-6-8)5-10(9)12(16,17)18/h1-3,5-6H. The lowest BCUT2D eigenvalue weighted by molar-refractivity contribution is -0.162. The molecule has 0 saturated heterocycles. The van der Waals surface area contributed by atoms with Crippen molar-refractivity contribution in [3.8, 4) is 11.1 Å². The van der Waals surface area contributed by atoms with Crippen LogP contribution in [0.4, 0.5) is 26.3 Å². The van der Waals surface area contributed by atoms with Crippen LogP contribution < -0.4 is 0 Å². The van der Waals surface area contributed by atoms with Crippen molar-refractivity contribution in [2.75, 3.05) is 0 Å². The Hall–Kier alpha value is -1.92. The second-order valence-electron chi connectivity index (χ2n) is 3.71. The van der Waals surface area contributed by atoms with Gasteiger partial charge in [-0.1, -0.05) is 6.07 Å². The molecule has 1 radical (unpaired) electrons. The van der Waals surface area contributed by atoms with Crippen LogP contribution >= 0.6 is 0 Å². The lowest BCUT2D eigenvalue weighted by Gasteiger charge is -2.16. The molecule has 0 saturated carbocycles. The number of hydrogen-bond acceptors (Lipinski definition) is 1. The van der Waals surface area contributed by atoms with Crippen LogP contribution in [-0.4, -0.2) is 0 Å². The van der Waals surface area contributed by atoms with Crippen LogP contribution in [0.15, 0.2) is 34.9 Å². The molecular formula is C12H5F6O. The van der Waals surface area contributed by atoms with Gasteiger partial charge in [0.25, 0.3) is 0 Å². The summed E-state index contributed by atoms with van der Waals surface area (Å²) in [7, 11) is 0. The van der Waals surface area contributed by atoms with E-state index >= 15 is 0 Å². The van der Waals surface area contributed by atoms with Crippen molar-refractivity contribution >= 4 is 0 Å². The first-order chi connectivity index (χ1) is 8.69. The molecule has 0 spiro atoms. The summed E-state index contributed by atoms with van der Waals surface area (Å²) in [5, 5.41) is 0. The second-order valence-corrected chi connectivity index (χ2v) is 3.71. The van der Waals surface area contributed by atoms with Gasteiger partial charge in [-0.05, 0) is 23.8 Å². The van der Waals surface area contributed by atoms with Crippen molar-refractivity contribution < 1.29 is 30.8 Å². The average Bonchev–Trinajstić information content (AvgIpc) is 2.79. The minimum absolute atomic E-state index is 0.0228. The Bertz CT molecular complexity index is 565. The maximum Gasteiger partial charge on any atom is 0.417 e. The lowest BCUT2D eigenvalue weighted by atomic mass is 10.00. The van der Waals surface area contributed by atoms with Crippen molar-refractivity contribution in [1.29, 1.82) is 0 Å². The van der Waals surface area contributed by atoms with Crippen LogP contribution in [0.5, 0.6) is 0 Å². The van der Waals surface area contributed by atoms with Crippen molar-refractivity contribution in [2.45, 2.75) is 12.4 Å². The lowest BCUT2D eigenvalue weighted by Crippen LogP contribution is -2.16. The summed E-state index contributed by atoms with van der Waals surface area (Å²) in [6.07, 6.45) is -6.80. The van der Waals surface area contributed by atoms with Crippen LogP contribution in [0.1, 0.15) is 11.1 Å². The summed E-state index contributed by atoms with van der Waals surface area (Å²) in [6, 6.07) is 3.05. The Morgan fingerprint density at radius 3 is 1.95 bits per heavy atom. The molecule has 0 atom stereocenters. The highest BCUT2D eigenvalue weighted by Gasteiger charge is 2.43. The zero-order chi connectivity index (χ0) is 14.3. The molecule has 0 aliphatic heterocycles. The molecule has 2 aromatic rings. The fourth-order valence-corrected chi connectivity index (χ4v) is 1.59. The Labute approximate surface area is 103 Å². The Balaban J connectivity index is 2.61. The number of halogens is 6. The first-order valence-corrected chi connectivity index (χ1v) is 4.93. The molecule has 19 heavy (non-hydrogen) atoms. The highest BCUT2D eigenvalue weighted by atomic mass is 19.4. The molecule has 1 nitrogen and oxygen atoms in total. The highest BCUT2D eigenvalue weighted by Crippen LogP contribution is 2.41. The van der Waals surface area contributed by atoms with Crippen molar-refractivity contribution in [3.63, 3.8) is 0 Å². The van der Waals surface area contributed by atoms with E-state index in [2.05, 4.69) is 10.7 Å². The zero-order valence-corrected chi connectivity index (χ0v) is 9.06. The predicted octanol–water partition coefficient (Wildman–Crippen LogP) is 4.78. The number of rotatable bonds is 1. The number of furan rings is 1. The van der Waals surface area contributed by atoms with Gasteiger partial charge < -0.3 is 4.42 Å². The third-order valence-electron chi connectivity index (χ3n) is 2.43. The Kier molecular flexibility index (Phi) is 3.07. The van der Waals surface area contributed by atoms with E-state index in [1.165, 1.54) is 6.07 Å². The van der Waals surface area contributed by atoms with Crippen LogP contribution in [0.25, 0.3) is 11.1 Å².